The lowest BCUT2D eigenvalue weighted by molar-refractivity contribution is -0.910. The fourth-order valence-electron chi connectivity index (χ4n) is 18.1. The van der Waals surface area contributed by atoms with Crippen molar-refractivity contribution in [3.8, 4) is 0 Å². The van der Waals surface area contributed by atoms with Crippen molar-refractivity contribution in [3.05, 3.63) is 121 Å². The molecule has 0 unspecified atom stereocenters. The quantitative estimate of drug-likeness (QED) is 0.0309. The van der Waals surface area contributed by atoms with Crippen LogP contribution in [0.25, 0.3) is 0 Å². The number of rotatable bonds is 76. The molecule has 0 aliphatic heterocycles. The molecule has 0 amide bonds. The molecule has 0 N–H and O–H groups in total. The molecule has 16 nitrogen and oxygen atoms in total. The molecule has 0 bridgehead atoms. The summed E-state index contributed by atoms with van der Waals surface area (Å²) in [5.74, 6) is 0. The minimum absolute atomic E-state index is 0.303. The Balaban J connectivity index is -0.000000242. The van der Waals surface area contributed by atoms with Gasteiger partial charge in [0.25, 0.3) is 0 Å². The Morgan fingerprint density at radius 1 is 0.122 bits per heavy atom. The SMILES string of the molecule is CCCC[N+](C)(CCCC)CCCC.CCCC[N+](C)(CCCC)CCCC.CCCC[N+](C)(CCCC)CCCC.CCCC[N+](C)(CCCC)CCCC.CCCC[N+](C)(CCCC)CCCC.CCCC[N+](C)(CCCC)CCCC.CCCC[N+](C)(CCCC)CCCC.CCCC[N+](C)(CCCC)CCCC.[O-]B([O-])c1ccccc1.[O-]B([O-])c1ccccc1.[O-]B([O-])c1ccccc1.[O-]B([O-])c1ccccc1. The van der Waals surface area contributed by atoms with E-state index in [0.29, 0.717) is 21.9 Å². The topological polar surface area (TPSA) is 184 Å². The molecular weight excluding hydrogens is 1820 g/mol. The van der Waals surface area contributed by atoms with Crippen LogP contribution < -0.4 is 62.0 Å². The highest BCUT2D eigenvalue weighted by Gasteiger charge is 2.26. The van der Waals surface area contributed by atoms with Gasteiger partial charge in [0.05, 0.1) is 213 Å². The highest BCUT2D eigenvalue weighted by Crippen LogP contribution is 2.19. The second-order valence-electron chi connectivity index (χ2n) is 45.8. The second kappa shape index (κ2) is 113. The summed E-state index contributed by atoms with van der Waals surface area (Å²) in [7, 11) is 12.2. The fraction of sp³-hybridized carbons (Fsp3) is 0.812. The Bertz CT molecular complexity index is 2450. The van der Waals surface area contributed by atoms with Crippen LogP contribution in [-0.2, 0) is 0 Å². The highest BCUT2D eigenvalue weighted by atomic mass is 16.4. The van der Waals surface area contributed by atoms with Gasteiger partial charge < -0.3 is 76.1 Å². The second-order valence-corrected chi connectivity index (χ2v) is 45.8. The lowest BCUT2D eigenvalue weighted by Gasteiger charge is -2.34. The van der Waals surface area contributed by atoms with E-state index in [2.05, 4.69) is 223 Å². The fourth-order valence-corrected chi connectivity index (χ4v) is 18.1. The third-order valence-electron chi connectivity index (χ3n) is 29.5. The van der Waals surface area contributed by atoms with Crippen molar-refractivity contribution in [2.45, 2.75) is 474 Å². The average molecular weight is 2080 g/mol. The van der Waals surface area contributed by atoms with Crippen molar-refractivity contribution in [1.82, 2.24) is 0 Å². The first-order valence-corrected chi connectivity index (χ1v) is 62.8. The van der Waals surface area contributed by atoms with Gasteiger partial charge in [-0.2, -0.15) is 0 Å². The Labute approximate surface area is 929 Å². The monoisotopic (exact) mass is 2080 g/mol. The van der Waals surface area contributed by atoms with Crippen LogP contribution >= 0.6 is 0 Å². The van der Waals surface area contributed by atoms with Gasteiger partial charge in [0, 0.05) is 0 Å². The van der Waals surface area contributed by atoms with E-state index >= 15 is 0 Å². The molecule has 0 saturated carbocycles. The molecule has 0 saturated heterocycles. The maximum Gasteiger partial charge on any atom is 0.0784 e. The number of hydrogen-bond acceptors (Lipinski definition) is 8. The van der Waals surface area contributed by atoms with Crippen LogP contribution in [0.4, 0.5) is 0 Å². The van der Waals surface area contributed by atoms with E-state index in [9.17, 15) is 40.2 Å². The molecule has 0 aromatic heterocycles. The molecule has 0 fully saturated rings. The summed E-state index contributed by atoms with van der Waals surface area (Å²) < 4.78 is 10.5. The predicted octanol–water partition coefficient (Wildman–Crippen LogP) is 23.1. The molecule has 0 radical (unpaired) electrons. The number of benzene rings is 4. The molecule has 0 atom stereocenters. The summed E-state index contributed by atoms with van der Waals surface area (Å²) in [6.45, 7) is 88.3. The Morgan fingerprint density at radius 3 is 0.223 bits per heavy atom. The maximum absolute atomic E-state index is 10.2. The maximum atomic E-state index is 10.2. The van der Waals surface area contributed by atoms with Gasteiger partial charge in [-0.15, -0.1) is 21.9 Å². The first-order chi connectivity index (χ1) is 70.7. The van der Waals surface area contributed by atoms with Crippen molar-refractivity contribution >= 4 is 50.3 Å². The molecule has 0 aliphatic carbocycles. The summed E-state index contributed by atoms with van der Waals surface area (Å²) in [5.41, 5.74) is 1.21. The van der Waals surface area contributed by atoms with Gasteiger partial charge in [0.2, 0.25) is 0 Å². The Hall–Kier alpha value is -3.50. The van der Waals surface area contributed by atoms with Crippen molar-refractivity contribution in [1.29, 1.82) is 0 Å². The zero-order valence-corrected chi connectivity index (χ0v) is 106. The molecule has 148 heavy (non-hydrogen) atoms. The summed E-state index contributed by atoms with van der Waals surface area (Å²) in [6, 6.07) is 32.8. The summed E-state index contributed by atoms with van der Waals surface area (Å²) in [6.07, 6.45) is 65.6. The van der Waals surface area contributed by atoms with Gasteiger partial charge in [-0.05, 0) is 154 Å². The van der Waals surface area contributed by atoms with Crippen molar-refractivity contribution < 1.29 is 76.1 Å². The molecule has 4 aromatic rings. The van der Waals surface area contributed by atoms with Gasteiger partial charge in [-0.3, -0.25) is 0 Å². The van der Waals surface area contributed by atoms with Crippen LogP contribution in [0, 0.1) is 0 Å². The van der Waals surface area contributed by atoms with E-state index in [-0.39, 0.29) is 0 Å². The molecular formula is C128H260B4N8O8. The van der Waals surface area contributed by atoms with Crippen LogP contribution in [0.5, 0.6) is 0 Å². The van der Waals surface area contributed by atoms with E-state index < -0.39 is 28.5 Å². The Morgan fingerprint density at radius 2 is 0.182 bits per heavy atom. The zero-order valence-electron chi connectivity index (χ0n) is 106. The van der Waals surface area contributed by atoms with Gasteiger partial charge in [0.1, 0.15) is 0 Å². The van der Waals surface area contributed by atoms with Crippen molar-refractivity contribution in [3.63, 3.8) is 0 Å². The number of hydrogen-bond donors (Lipinski definition) is 0. The third-order valence-corrected chi connectivity index (χ3v) is 29.5. The average Bonchev–Trinajstić information content (AvgIpc) is 0.913. The summed E-state index contributed by atoms with van der Waals surface area (Å²) >= 11 is 0. The van der Waals surface area contributed by atoms with Gasteiger partial charge in [0.15, 0.2) is 0 Å². The van der Waals surface area contributed by atoms with E-state index in [1.165, 1.54) is 550 Å². The third kappa shape index (κ3) is 105. The van der Waals surface area contributed by atoms with Crippen LogP contribution in [0.2, 0.25) is 0 Å². The largest absolute Gasteiger partial charge is 0.889 e. The zero-order chi connectivity index (χ0) is 114. The minimum Gasteiger partial charge on any atom is -0.889 e. The van der Waals surface area contributed by atoms with E-state index in [1.807, 2.05) is 0 Å². The number of nitrogens with zero attached hydrogens (tertiary/aromatic N) is 8. The van der Waals surface area contributed by atoms with Gasteiger partial charge in [-0.25, -0.2) is 0 Å². The van der Waals surface area contributed by atoms with Gasteiger partial charge >= 0.3 is 0 Å². The molecule has 872 valence electrons. The molecule has 4 aromatic carbocycles. The van der Waals surface area contributed by atoms with Crippen molar-refractivity contribution in [2.75, 3.05) is 213 Å². The standard InChI is InChI=1S/8C13H30N.4C6H5BO2/c8*1-5-8-11-14(4,12-9-6-2)13-10-7-3;4*8-7(9)6-4-2-1-3-5-6/h8*5-13H2,1-4H3;4*1-5H/q8*+1;4*-2. The van der Waals surface area contributed by atoms with Crippen LogP contribution in [0.3, 0.4) is 0 Å². The van der Waals surface area contributed by atoms with Crippen molar-refractivity contribution in [2.24, 2.45) is 0 Å². The van der Waals surface area contributed by atoms with Crippen LogP contribution in [-0.4, -0.2) is 278 Å². The first kappa shape index (κ1) is 160. The predicted molar refractivity (Wildman–Crippen MR) is 651 cm³/mol. The van der Waals surface area contributed by atoms with Crippen LogP contribution in [0.1, 0.15) is 474 Å². The first-order valence-electron chi connectivity index (χ1n) is 62.8. The normalized spacial score (nSPS) is 11.3. The Kier molecular flexibility index (Phi) is 122. The lowest BCUT2D eigenvalue weighted by atomic mass is 9.81. The van der Waals surface area contributed by atoms with Crippen LogP contribution in [0.15, 0.2) is 121 Å². The number of unbranched alkanes of at least 4 members (excludes halogenated alkanes) is 24. The lowest BCUT2D eigenvalue weighted by Crippen LogP contribution is -2.55. The highest BCUT2D eigenvalue weighted by molar-refractivity contribution is 6.56. The molecule has 20 heteroatoms. The molecule has 0 aliphatic rings. The van der Waals surface area contributed by atoms with Gasteiger partial charge in [-0.1, -0.05) is 470 Å². The molecule has 4 rings (SSSR count). The van der Waals surface area contributed by atoms with E-state index in [4.69, 9.17) is 0 Å². The van der Waals surface area contributed by atoms with E-state index in [1.54, 1.807) is 72.8 Å². The summed E-state index contributed by atoms with van der Waals surface area (Å²) in [4.78, 5) is 0. The van der Waals surface area contributed by atoms with E-state index in [0.717, 1.165) is 0 Å². The molecule has 0 spiro atoms. The number of quaternary nitrogens is 8. The minimum atomic E-state index is -1.84. The smallest absolute Gasteiger partial charge is 0.0784 e. The molecule has 0 heterocycles. The summed E-state index contributed by atoms with van der Waals surface area (Å²) in [5, 5.41) is 81.4.